The Labute approximate surface area is 111 Å². The molecular weight excluding hydrogens is 268 g/mol. The summed E-state index contributed by atoms with van der Waals surface area (Å²) in [5, 5.41) is 12.4. The highest BCUT2D eigenvalue weighted by molar-refractivity contribution is 7.89. The number of para-hydroxylation sites is 1. The molecule has 0 saturated heterocycles. The Morgan fingerprint density at radius 1 is 1.32 bits per heavy atom. The normalized spacial score (nSPS) is 11.5. The first-order valence-corrected chi connectivity index (χ1v) is 7.13. The van der Waals surface area contributed by atoms with Crippen molar-refractivity contribution < 1.29 is 13.2 Å². The molecular formula is C11H14N4O3S. The van der Waals surface area contributed by atoms with Gasteiger partial charge in [-0.1, -0.05) is 12.1 Å². The molecule has 2 rings (SSSR count). The van der Waals surface area contributed by atoms with Gasteiger partial charge < -0.3 is 4.74 Å². The molecule has 0 bridgehead atoms. The lowest BCUT2D eigenvalue weighted by Gasteiger charge is -2.09. The van der Waals surface area contributed by atoms with Gasteiger partial charge in [-0.25, -0.2) is 13.6 Å². The van der Waals surface area contributed by atoms with Crippen molar-refractivity contribution >= 4 is 10.0 Å². The van der Waals surface area contributed by atoms with E-state index < -0.39 is 10.0 Å². The Bertz CT molecular complexity index is 694. The van der Waals surface area contributed by atoms with Crippen molar-refractivity contribution in [3.63, 3.8) is 0 Å². The summed E-state index contributed by atoms with van der Waals surface area (Å²) < 4.78 is 29.5. The predicted octanol–water partition coefficient (Wildman–Crippen LogP) is 0.621. The summed E-state index contributed by atoms with van der Waals surface area (Å²) in [6.07, 6.45) is 0. The Hall–Kier alpha value is -1.93. The van der Waals surface area contributed by atoms with Gasteiger partial charge in [0, 0.05) is 6.54 Å². The van der Waals surface area contributed by atoms with Crippen LogP contribution in [0.5, 0.6) is 5.75 Å². The number of hydrogen-bond acceptors (Lipinski definition) is 5. The second-order valence-corrected chi connectivity index (χ2v) is 5.25. The Morgan fingerprint density at radius 2 is 2.00 bits per heavy atom. The molecule has 1 aromatic carbocycles. The predicted molar refractivity (Wildman–Crippen MR) is 69.1 cm³/mol. The maximum atomic E-state index is 11.4. The lowest BCUT2D eigenvalue weighted by molar-refractivity contribution is 0.415. The zero-order chi connectivity index (χ0) is 14.0. The van der Waals surface area contributed by atoms with Crippen LogP contribution in [0, 0.1) is 0 Å². The van der Waals surface area contributed by atoms with Crippen molar-refractivity contribution in [1.82, 2.24) is 14.8 Å². The van der Waals surface area contributed by atoms with Gasteiger partial charge in [-0.15, -0.1) is 10.2 Å². The topological polar surface area (TPSA) is 100 Å². The third kappa shape index (κ3) is 2.45. The molecule has 0 fully saturated rings. The molecule has 0 aliphatic heterocycles. The highest BCUT2D eigenvalue weighted by Gasteiger charge is 2.22. The Kier molecular flexibility index (Phi) is 3.54. The van der Waals surface area contributed by atoms with E-state index in [0.29, 0.717) is 23.7 Å². The summed E-state index contributed by atoms with van der Waals surface area (Å²) in [6, 6.07) is 7.17. The zero-order valence-electron chi connectivity index (χ0n) is 10.6. The summed E-state index contributed by atoms with van der Waals surface area (Å²) in [6.45, 7) is 2.17. The first kappa shape index (κ1) is 13.5. The van der Waals surface area contributed by atoms with Crippen LogP contribution in [0.2, 0.25) is 0 Å². The van der Waals surface area contributed by atoms with E-state index in [1.807, 2.05) is 12.1 Å². The lowest BCUT2D eigenvalue weighted by atomic mass is 10.2. The van der Waals surface area contributed by atoms with Gasteiger partial charge in [-0.3, -0.25) is 4.57 Å². The van der Waals surface area contributed by atoms with E-state index in [4.69, 9.17) is 9.88 Å². The van der Waals surface area contributed by atoms with Gasteiger partial charge in [0.05, 0.1) is 12.7 Å². The van der Waals surface area contributed by atoms with Crippen molar-refractivity contribution in [3.05, 3.63) is 24.3 Å². The highest BCUT2D eigenvalue weighted by atomic mass is 32.2. The standard InChI is InChI=1S/C11H14N4O3S/c1-3-15-10(13-14-11(15)19(12,16)17)8-6-4-5-7-9(8)18-2/h4-7H,3H2,1-2H3,(H2,12,16,17). The number of hydrogen-bond donors (Lipinski definition) is 1. The maximum absolute atomic E-state index is 11.4. The minimum absolute atomic E-state index is 0.254. The fraction of sp³-hybridized carbons (Fsp3) is 0.273. The number of methoxy groups -OCH3 is 1. The number of aromatic nitrogens is 3. The van der Waals surface area contributed by atoms with E-state index in [1.54, 1.807) is 19.1 Å². The first-order chi connectivity index (χ1) is 8.99. The Balaban J connectivity index is 2.67. The minimum Gasteiger partial charge on any atom is -0.496 e. The summed E-state index contributed by atoms with van der Waals surface area (Å²) in [5.41, 5.74) is 0.661. The number of rotatable bonds is 4. The molecule has 2 aromatic rings. The SMILES string of the molecule is CCn1c(-c2ccccc2OC)nnc1S(N)(=O)=O. The van der Waals surface area contributed by atoms with Crippen LogP contribution in [-0.2, 0) is 16.6 Å². The maximum Gasteiger partial charge on any atom is 0.273 e. The van der Waals surface area contributed by atoms with Crippen molar-refractivity contribution in [2.24, 2.45) is 5.14 Å². The molecule has 2 N–H and O–H groups in total. The van der Waals surface area contributed by atoms with Crippen LogP contribution in [-0.4, -0.2) is 30.3 Å². The van der Waals surface area contributed by atoms with Gasteiger partial charge in [0.15, 0.2) is 5.82 Å². The molecule has 1 aromatic heterocycles. The second-order valence-electron chi connectivity index (χ2n) is 3.80. The average molecular weight is 282 g/mol. The van der Waals surface area contributed by atoms with Gasteiger partial charge in [0.1, 0.15) is 5.75 Å². The molecule has 8 heteroatoms. The van der Waals surface area contributed by atoms with Gasteiger partial charge in [0.25, 0.3) is 15.2 Å². The average Bonchev–Trinajstić information content (AvgIpc) is 2.82. The Morgan fingerprint density at radius 3 is 2.58 bits per heavy atom. The monoisotopic (exact) mass is 282 g/mol. The molecule has 1 heterocycles. The smallest absolute Gasteiger partial charge is 0.273 e. The largest absolute Gasteiger partial charge is 0.496 e. The van der Waals surface area contributed by atoms with Gasteiger partial charge in [-0.2, -0.15) is 0 Å². The molecule has 0 amide bonds. The minimum atomic E-state index is -3.90. The van der Waals surface area contributed by atoms with Crippen LogP contribution < -0.4 is 9.88 Å². The number of sulfonamides is 1. The fourth-order valence-corrected chi connectivity index (χ4v) is 2.49. The lowest BCUT2D eigenvalue weighted by Crippen LogP contribution is -2.18. The van der Waals surface area contributed by atoms with Gasteiger partial charge >= 0.3 is 0 Å². The molecule has 7 nitrogen and oxygen atoms in total. The molecule has 0 aliphatic carbocycles. The molecule has 0 aliphatic rings. The third-order valence-electron chi connectivity index (χ3n) is 2.64. The molecule has 0 radical (unpaired) electrons. The van der Waals surface area contributed by atoms with E-state index in [2.05, 4.69) is 10.2 Å². The molecule has 0 atom stereocenters. The summed E-state index contributed by atoms with van der Waals surface area (Å²) in [7, 11) is -2.37. The number of nitrogens with two attached hydrogens (primary N) is 1. The molecule has 0 unspecified atom stereocenters. The summed E-state index contributed by atoms with van der Waals surface area (Å²) >= 11 is 0. The van der Waals surface area contributed by atoms with Gasteiger partial charge in [-0.05, 0) is 19.1 Å². The van der Waals surface area contributed by atoms with E-state index in [0.717, 1.165) is 0 Å². The van der Waals surface area contributed by atoms with Crippen LogP contribution in [0.1, 0.15) is 6.92 Å². The first-order valence-electron chi connectivity index (χ1n) is 5.58. The van der Waals surface area contributed by atoms with Crippen molar-refractivity contribution in [2.75, 3.05) is 7.11 Å². The molecule has 0 saturated carbocycles. The second kappa shape index (κ2) is 4.98. The number of ether oxygens (including phenoxy) is 1. The van der Waals surface area contributed by atoms with Crippen LogP contribution >= 0.6 is 0 Å². The van der Waals surface area contributed by atoms with E-state index >= 15 is 0 Å². The third-order valence-corrected chi connectivity index (χ3v) is 3.45. The van der Waals surface area contributed by atoms with Crippen LogP contribution in [0.15, 0.2) is 29.4 Å². The van der Waals surface area contributed by atoms with Crippen molar-refractivity contribution in [1.29, 1.82) is 0 Å². The highest BCUT2D eigenvalue weighted by Crippen LogP contribution is 2.29. The van der Waals surface area contributed by atoms with E-state index in [-0.39, 0.29) is 5.16 Å². The van der Waals surface area contributed by atoms with E-state index in [1.165, 1.54) is 11.7 Å². The summed E-state index contributed by atoms with van der Waals surface area (Å²) in [4.78, 5) is 0. The van der Waals surface area contributed by atoms with Crippen LogP contribution in [0.3, 0.4) is 0 Å². The molecule has 102 valence electrons. The number of benzene rings is 1. The molecule has 0 spiro atoms. The van der Waals surface area contributed by atoms with Crippen LogP contribution in [0.4, 0.5) is 0 Å². The zero-order valence-corrected chi connectivity index (χ0v) is 11.4. The van der Waals surface area contributed by atoms with Crippen molar-refractivity contribution in [2.45, 2.75) is 18.6 Å². The molecule has 19 heavy (non-hydrogen) atoms. The summed E-state index contributed by atoms with van der Waals surface area (Å²) in [5.74, 6) is 0.995. The van der Waals surface area contributed by atoms with Gasteiger partial charge in [0.2, 0.25) is 0 Å². The van der Waals surface area contributed by atoms with Crippen molar-refractivity contribution in [3.8, 4) is 17.1 Å². The quantitative estimate of drug-likeness (QED) is 0.886. The number of primary sulfonamides is 1. The number of nitrogens with zero attached hydrogens (tertiary/aromatic N) is 3. The fourth-order valence-electron chi connectivity index (χ4n) is 1.81. The van der Waals surface area contributed by atoms with E-state index in [9.17, 15) is 8.42 Å². The van der Waals surface area contributed by atoms with Crippen LogP contribution in [0.25, 0.3) is 11.4 Å².